The molecule has 1 N–H and O–H groups in total. The summed E-state index contributed by atoms with van der Waals surface area (Å²) in [4.78, 5) is 17.0. The summed E-state index contributed by atoms with van der Waals surface area (Å²) in [5.41, 5.74) is 2.83. The highest BCUT2D eigenvalue weighted by Gasteiger charge is 2.20. The lowest BCUT2D eigenvalue weighted by molar-refractivity contribution is -0.118. The van der Waals surface area contributed by atoms with Crippen LogP contribution in [0.1, 0.15) is 18.2 Å². The molecule has 6 nitrogen and oxygen atoms in total. The normalized spacial score (nSPS) is 15.2. The van der Waals surface area contributed by atoms with Crippen LogP contribution in [0.2, 0.25) is 0 Å². The molecule has 27 heavy (non-hydrogen) atoms. The first kappa shape index (κ1) is 17.6. The summed E-state index contributed by atoms with van der Waals surface area (Å²) in [5.74, 6) is 1.92. The minimum atomic E-state index is -0.0509. The molecule has 7 heteroatoms. The lowest BCUT2D eigenvalue weighted by Crippen LogP contribution is -2.24. The Morgan fingerprint density at radius 2 is 2.11 bits per heavy atom. The number of amides is 1. The standard InChI is InChI=1S/C20H19N3O3S/c1-13-8-15-9-14(2-3-18(15)25-13)19-10-16(23-26-19)11-22-20(24)12-27-17-4-6-21-7-5-17/h2-7,9-10,13H,8,11-12H2,1H3,(H,22,24)/t13-/m0/s1. The zero-order chi connectivity index (χ0) is 18.6. The number of pyridine rings is 1. The van der Waals surface area contributed by atoms with Gasteiger partial charge in [-0.3, -0.25) is 9.78 Å². The molecule has 1 atom stereocenters. The number of carbonyl (C=O) groups excluding carboxylic acids is 1. The van der Waals surface area contributed by atoms with Crippen molar-refractivity contribution in [1.29, 1.82) is 0 Å². The first-order chi connectivity index (χ1) is 13.2. The van der Waals surface area contributed by atoms with Gasteiger partial charge in [-0.15, -0.1) is 11.8 Å². The minimum absolute atomic E-state index is 0.0509. The fraction of sp³-hybridized carbons (Fsp3) is 0.250. The van der Waals surface area contributed by atoms with E-state index in [1.54, 1.807) is 12.4 Å². The Bertz CT molecular complexity index is 943. The van der Waals surface area contributed by atoms with Crippen LogP contribution in [0.3, 0.4) is 0 Å². The van der Waals surface area contributed by atoms with E-state index >= 15 is 0 Å². The van der Waals surface area contributed by atoms with E-state index in [0.29, 0.717) is 23.8 Å². The Balaban J connectivity index is 1.32. The highest BCUT2D eigenvalue weighted by Crippen LogP contribution is 2.33. The van der Waals surface area contributed by atoms with Crippen molar-refractivity contribution in [3.8, 4) is 17.1 Å². The van der Waals surface area contributed by atoms with Gasteiger partial charge in [0.1, 0.15) is 17.5 Å². The third-order valence-electron chi connectivity index (χ3n) is 4.23. The van der Waals surface area contributed by atoms with E-state index in [-0.39, 0.29) is 12.0 Å². The largest absolute Gasteiger partial charge is 0.490 e. The molecular weight excluding hydrogens is 362 g/mol. The van der Waals surface area contributed by atoms with Crippen LogP contribution in [0.5, 0.6) is 5.75 Å². The zero-order valence-electron chi connectivity index (χ0n) is 14.8. The van der Waals surface area contributed by atoms with Gasteiger partial charge in [-0.25, -0.2) is 0 Å². The van der Waals surface area contributed by atoms with Gasteiger partial charge in [0.05, 0.1) is 12.3 Å². The molecule has 4 rings (SSSR count). The van der Waals surface area contributed by atoms with Gasteiger partial charge < -0.3 is 14.6 Å². The monoisotopic (exact) mass is 381 g/mol. The van der Waals surface area contributed by atoms with Gasteiger partial charge in [0.25, 0.3) is 0 Å². The molecule has 0 aliphatic carbocycles. The fourth-order valence-corrected chi connectivity index (χ4v) is 3.64. The van der Waals surface area contributed by atoms with E-state index in [0.717, 1.165) is 22.6 Å². The quantitative estimate of drug-likeness (QED) is 0.659. The molecule has 138 valence electrons. The van der Waals surface area contributed by atoms with E-state index in [9.17, 15) is 4.79 Å². The van der Waals surface area contributed by atoms with Crippen LogP contribution in [0.25, 0.3) is 11.3 Å². The summed E-state index contributed by atoms with van der Waals surface area (Å²) in [6.45, 7) is 2.40. The van der Waals surface area contributed by atoms with Crippen LogP contribution in [0, 0.1) is 0 Å². The number of nitrogens with one attached hydrogen (secondary N) is 1. The first-order valence-corrected chi connectivity index (χ1v) is 9.71. The third kappa shape index (κ3) is 4.31. The number of aromatic nitrogens is 2. The van der Waals surface area contributed by atoms with Crippen LogP contribution >= 0.6 is 11.8 Å². The van der Waals surface area contributed by atoms with Crippen molar-refractivity contribution in [2.45, 2.75) is 30.9 Å². The van der Waals surface area contributed by atoms with E-state index < -0.39 is 0 Å². The second-order valence-corrected chi connectivity index (χ2v) is 7.43. The predicted molar refractivity (Wildman–Crippen MR) is 103 cm³/mol. The number of hydrogen-bond acceptors (Lipinski definition) is 6. The molecule has 1 aliphatic rings. The maximum atomic E-state index is 12.0. The molecule has 0 radical (unpaired) electrons. The van der Waals surface area contributed by atoms with Gasteiger partial charge >= 0.3 is 0 Å². The lowest BCUT2D eigenvalue weighted by Gasteiger charge is -2.03. The summed E-state index contributed by atoms with van der Waals surface area (Å²) >= 11 is 1.47. The number of ether oxygens (including phenoxy) is 1. The summed E-state index contributed by atoms with van der Waals surface area (Å²) < 4.78 is 11.2. The van der Waals surface area contributed by atoms with Crippen molar-refractivity contribution in [3.63, 3.8) is 0 Å². The van der Waals surface area contributed by atoms with Crippen molar-refractivity contribution in [1.82, 2.24) is 15.5 Å². The van der Waals surface area contributed by atoms with Gasteiger partial charge in [0.2, 0.25) is 5.91 Å². The van der Waals surface area contributed by atoms with Crippen LogP contribution in [-0.4, -0.2) is 27.9 Å². The summed E-state index contributed by atoms with van der Waals surface area (Å²) in [6, 6.07) is 11.6. The van der Waals surface area contributed by atoms with Crippen LogP contribution in [0.15, 0.2) is 58.2 Å². The molecule has 0 bridgehead atoms. The first-order valence-electron chi connectivity index (χ1n) is 8.72. The average molecular weight is 381 g/mol. The molecule has 1 amide bonds. The van der Waals surface area contributed by atoms with Crippen LogP contribution in [0.4, 0.5) is 0 Å². The molecule has 2 aromatic heterocycles. The molecule has 3 aromatic rings. The molecule has 1 aliphatic heterocycles. The highest BCUT2D eigenvalue weighted by atomic mass is 32.2. The van der Waals surface area contributed by atoms with Crippen molar-refractivity contribution in [2.75, 3.05) is 5.75 Å². The number of hydrogen-bond donors (Lipinski definition) is 1. The lowest BCUT2D eigenvalue weighted by atomic mass is 10.1. The van der Waals surface area contributed by atoms with Crippen LogP contribution < -0.4 is 10.1 Å². The Hall–Kier alpha value is -2.80. The maximum Gasteiger partial charge on any atom is 0.230 e. The molecule has 0 spiro atoms. The summed E-state index contributed by atoms with van der Waals surface area (Å²) in [7, 11) is 0. The van der Waals surface area contributed by atoms with E-state index in [1.165, 1.54) is 17.3 Å². The second kappa shape index (κ2) is 7.84. The van der Waals surface area contributed by atoms with Crippen molar-refractivity contribution < 1.29 is 14.1 Å². The highest BCUT2D eigenvalue weighted by molar-refractivity contribution is 8.00. The van der Waals surface area contributed by atoms with E-state index in [4.69, 9.17) is 9.26 Å². The Morgan fingerprint density at radius 3 is 2.96 bits per heavy atom. The maximum absolute atomic E-state index is 12.0. The van der Waals surface area contributed by atoms with Gasteiger partial charge in [-0.2, -0.15) is 0 Å². The minimum Gasteiger partial charge on any atom is -0.490 e. The summed E-state index contributed by atoms with van der Waals surface area (Å²) in [6.07, 6.45) is 4.53. The number of nitrogens with zero attached hydrogens (tertiary/aromatic N) is 2. The smallest absolute Gasteiger partial charge is 0.230 e. The molecule has 0 unspecified atom stereocenters. The fourth-order valence-electron chi connectivity index (χ4n) is 2.93. The van der Waals surface area contributed by atoms with E-state index in [1.807, 2.05) is 30.3 Å². The number of fused-ring (bicyclic) bond motifs is 1. The Kier molecular flexibility index (Phi) is 5.11. The Morgan fingerprint density at radius 1 is 1.26 bits per heavy atom. The van der Waals surface area contributed by atoms with Crippen LogP contribution in [-0.2, 0) is 17.8 Å². The van der Waals surface area contributed by atoms with Crippen molar-refractivity contribution in [3.05, 3.63) is 60.0 Å². The second-order valence-electron chi connectivity index (χ2n) is 6.39. The average Bonchev–Trinajstić information content (AvgIpc) is 3.30. The number of carbonyl (C=O) groups is 1. The predicted octanol–water partition coefficient (Wildman–Crippen LogP) is 3.47. The molecule has 3 heterocycles. The number of benzene rings is 1. The molecule has 0 fully saturated rings. The SMILES string of the molecule is C[C@H]1Cc2cc(-c3cc(CNC(=O)CSc4ccncc4)no3)ccc2O1. The van der Waals surface area contributed by atoms with Gasteiger partial charge in [0, 0.05) is 35.3 Å². The summed E-state index contributed by atoms with van der Waals surface area (Å²) in [5, 5.41) is 6.92. The Labute approximate surface area is 161 Å². The molecular formula is C20H19N3O3S. The van der Waals surface area contributed by atoms with Crippen molar-refractivity contribution in [2.24, 2.45) is 0 Å². The van der Waals surface area contributed by atoms with Gasteiger partial charge in [-0.05, 0) is 42.8 Å². The van der Waals surface area contributed by atoms with Gasteiger partial charge in [0.15, 0.2) is 5.76 Å². The molecule has 0 saturated carbocycles. The van der Waals surface area contributed by atoms with Gasteiger partial charge in [-0.1, -0.05) is 5.16 Å². The third-order valence-corrected chi connectivity index (χ3v) is 5.24. The number of rotatable bonds is 6. The zero-order valence-corrected chi connectivity index (χ0v) is 15.7. The molecule has 1 aromatic carbocycles. The topological polar surface area (TPSA) is 77.3 Å². The number of thioether (sulfide) groups is 1. The van der Waals surface area contributed by atoms with Crippen molar-refractivity contribution >= 4 is 17.7 Å². The molecule has 0 saturated heterocycles. The van der Waals surface area contributed by atoms with E-state index in [2.05, 4.69) is 28.4 Å².